The lowest BCUT2D eigenvalue weighted by Crippen LogP contribution is -2.27. The molecule has 0 spiro atoms. The third-order valence-electron chi connectivity index (χ3n) is 2.54. The quantitative estimate of drug-likeness (QED) is 0.860. The Morgan fingerprint density at radius 1 is 1.38 bits per heavy atom. The number of rotatable bonds is 4. The predicted octanol–water partition coefficient (Wildman–Crippen LogP) is 2.11. The summed E-state index contributed by atoms with van der Waals surface area (Å²) >= 11 is 0. The van der Waals surface area contributed by atoms with Crippen LogP contribution in [0.15, 0.2) is 30.5 Å². The molecule has 88 valence electrons. The molecule has 4 heteroatoms. The molecule has 16 heavy (non-hydrogen) atoms. The molecule has 0 aliphatic carbocycles. The second kappa shape index (κ2) is 5.89. The van der Waals surface area contributed by atoms with E-state index in [4.69, 9.17) is 10.5 Å². The van der Waals surface area contributed by atoms with Crippen LogP contribution in [0.4, 0.5) is 0 Å². The summed E-state index contributed by atoms with van der Waals surface area (Å²) in [5.74, 6) is 0. The molecule has 1 heterocycles. The maximum atomic E-state index is 5.93. The Bertz CT molecular complexity index is 441. The summed E-state index contributed by atoms with van der Waals surface area (Å²) in [6.07, 6.45) is 2.87. The predicted molar refractivity (Wildman–Crippen MR) is 69.1 cm³/mol. The fourth-order valence-electron chi connectivity index (χ4n) is 1.86. The van der Waals surface area contributed by atoms with Gasteiger partial charge in [0.25, 0.3) is 0 Å². The molecule has 2 aromatic rings. The highest BCUT2D eigenvalue weighted by atomic mass is 35.5. The molecule has 2 rings (SSSR count). The van der Waals surface area contributed by atoms with Gasteiger partial charge in [0.15, 0.2) is 0 Å². The van der Waals surface area contributed by atoms with Gasteiger partial charge in [-0.15, -0.1) is 12.4 Å². The molecular weight excluding hydrogens is 224 g/mol. The monoisotopic (exact) mass is 240 g/mol. The molecule has 0 amide bonds. The van der Waals surface area contributed by atoms with E-state index in [0.717, 1.165) is 11.9 Å². The van der Waals surface area contributed by atoms with Crippen LogP contribution in [0.1, 0.15) is 5.56 Å². The standard InChI is InChI=1S/C12H16N2O.ClH/c1-15-8-10(13)6-9-7-14-12-5-3-2-4-11(9)12;/h2-5,7,10,14H,6,8,13H2,1H3;1H. The van der Waals surface area contributed by atoms with Gasteiger partial charge in [-0.05, 0) is 18.1 Å². The molecule has 0 radical (unpaired) electrons. The minimum atomic E-state index is 0. The number of fused-ring (bicyclic) bond motifs is 1. The first kappa shape index (κ1) is 13.0. The number of aromatic amines is 1. The molecule has 0 fully saturated rings. The maximum absolute atomic E-state index is 5.93. The Kier molecular flexibility index (Phi) is 4.80. The van der Waals surface area contributed by atoms with Crippen molar-refractivity contribution < 1.29 is 4.74 Å². The van der Waals surface area contributed by atoms with E-state index >= 15 is 0 Å². The van der Waals surface area contributed by atoms with E-state index in [1.165, 1.54) is 10.9 Å². The van der Waals surface area contributed by atoms with Crippen LogP contribution in [0, 0.1) is 0 Å². The zero-order chi connectivity index (χ0) is 10.7. The van der Waals surface area contributed by atoms with Crippen molar-refractivity contribution in [2.24, 2.45) is 5.73 Å². The Morgan fingerprint density at radius 3 is 2.88 bits per heavy atom. The fraction of sp³-hybridized carbons (Fsp3) is 0.333. The summed E-state index contributed by atoms with van der Waals surface area (Å²) in [4.78, 5) is 3.24. The number of aromatic nitrogens is 1. The topological polar surface area (TPSA) is 51.0 Å². The van der Waals surface area contributed by atoms with Crippen molar-refractivity contribution in [2.45, 2.75) is 12.5 Å². The molecule has 0 saturated carbocycles. The summed E-state index contributed by atoms with van der Waals surface area (Å²) in [7, 11) is 1.68. The number of ether oxygens (including phenoxy) is 1. The highest BCUT2D eigenvalue weighted by molar-refractivity contribution is 5.85. The number of hydrogen-bond acceptors (Lipinski definition) is 2. The van der Waals surface area contributed by atoms with Crippen LogP contribution in [0.5, 0.6) is 0 Å². The fourth-order valence-corrected chi connectivity index (χ4v) is 1.86. The molecule has 3 N–H and O–H groups in total. The summed E-state index contributed by atoms with van der Waals surface area (Å²) in [5.41, 5.74) is 8.35. The zero-order valence-corrected chi connectivity index (χ0v) is 10.1. The average Bonchev–Trinajstić information content (AvgIpc) is 2.62. The maximum Gasteiger partial charge on any atom is 0.0616 e. The molecule has 0 saturated heterocycles. The minimum Gasteiger partial charge on any atom is -0.383 e. The summed E-state index contributed by atoms with van der Waals surface area (Å²) < 4.78 is 5.03. The van der Waals surface area contributed by atoms with Crippen LogP contribution in [0.2, 0.25) is 0 Å². The van der Waals surface area contributed by atoms with Gasteiger partial charge in [-0.1, -0.05) is 18.2 Å². The molecule has 1 aromatic heterocycles. The molecule has 1 atom stereocenters. The molecule has 0 bridgehead atoms. The number of para-hydroxylation sites is 1. The number of hydrogen-bond donors (Lipinski definition) is 2. The normalized spacial score (nSPS) is 12.4. The van der Waals surface area contributed by atoms with E-state index in [1.54, 1.807) is 7.11 Å². The van der Waals surface area contributed by atoms with Crippen molar-refractivity contribution in [2.75, 3.05) is 13.7 Å². The summed E-state index contributed by atoms with van der Waals surface area (Å²) in [6.45, 7) is 0.597. The van der Waals surface area contributed by atoms with Gasteiger partial charge in [0.05, 0.1) is 6.61 Å². The third-order valence-corrected chi connectivity index (χ3v) is 2.54. The summed E-state index contributed by atoms with van der Waals surface area (Å²) in [6, 6.07) is 8.31. The largest absolute Gasteiger partial charge is 0.383 e. The first-order valence-corrected chi connectivity index (χ1v) is 5.11. The van der Waals surface area contributed by atoms with E-state index in [2.05, 4.69) is 17.1 Å². The number of methoxy groups -OCH3 is 1. The average molecular weight is 241 g/mol. The van der Waals surface area contributed by atoms with Crippen LogP contribution >= 0.6 is 12.4 Å². The lowest BCUT2D eigenvalue weighted by atomic mass is 10.1. The molecular formula is C12H17ClN2O. The highest BCUT2D eigenvalue weighted by Crippen LogP contribution is 2.18. The SMILES string of the molecule is COCC(N)Cc1c[nH]c2ccccc12.Cl. The van der Waals surface area contributed by atoms with Crippen molar-refractivity contribution in [1.29, 1.82) is 0 Å². The molecule has 1 unspecified atom stereocenters. The Balaban J connectivity index is 0.00000128. The molecule has 0 aliphatic rings. The number of H-pyrrole nitrogens is 1. The van der Waals surface area contributed by atoms with Crippen molar-refractivity contribution in [3.63, 3.8) is 0 Å². The zero-order valence-electron chi connectivity index (χ0n) is 9.27. The molecule has 0 aliphatic heterocycles. The van der Waals surface area contributed by atoms with Gasteiger partial charge in [-0.25, -0.2) is 0 Å². The van der Waals surface area contributed by atoms with Crippen LogP contribution in [0.25, 0.3) is 10.9 Å². The van der Waals surface area contributed by atoms with Gasteiger partial charge in [0.2, 0.25) is 0 Å². The molecule has 1 aromatic carbocycles. The number of halogens is 1. The Morgan fingerprint density at radius 2 is 2.12 bits per heavy atom. The lowest BCUT2D eigenvalue weighted by molar-refractivity contribution is 0.180. The lowest BCUT2D eigenvalue weighted by Gasteiger charge is -2.08. The number of benzene rings is 1. The van der Waals surface area contributed by atoms with Gasteiger partial charge in [-0.3, -0.25) is 0 Å². The van der Waals surface area contributed by atoms with E-state index in [0.29, 0.717) is 6.61 Å². The van der Waals surface area contributed by atoms with Crippen LogP contribution in [-0.4, -0.2) is 24.7 Å². The minimum absolute atomic E-state index is 0. The van der Waals surface area contributed by atoms with Crippen LogP contribution < -0.4 is 5.73 Å². The Labute approximate surface area is 101 Å². The third kappa shape index (κ3) is 2.76. The van der Waals surface area contributed by atoms with Crippen molar-refractivity contribution in [1.82, 2.24) is 4.98 Å². The van der Waals surface area contributed by atoms with Crippen molar-refractivity contribution in [3.05, 3.63) is 36.0 Å². The smallest absolute Gasteiger partial charge is 0.0616 e. The van der Waals surface area contributed by atoms with E-state index in [1.807, 2.05) is 18.3 Å². The van der Waals surface area contributed by atoms with Crippen molar-refractivity contribution >= 4 is 23.3 Å². The van der Waals surface area contributed by atoms with E-state index in [-0.39, 0.29) is 18.4 Å². The van der Waals surface area contributed by atoms with E-state index in [9.17, 15) is 0 Å². The van der Waals surface area contributed by atoms with Crippen molar-refractivity contribution in [3.8, 4) is 0 Å². The second-order valence-electron chi connectivity index (χ2n) is 3.78. The highest BCUT2D eigenvalue weighted by Gasteiger charge is 2.07. The second-order valence-corrected chi connectivity index (χ2v) is 3.78. The van der Waals surface area contributed by atoms with Gasteiger partial charge in [0, 0.05) is 30.3 Å². The number of nitrogens with two attached hydrogens (primary N) is 1. The van der Waals surface area contributed by atoms with Gasteiger partial charge < -0.3 is 15.5 Å². The first-order valence-electron chi connectivity index (χ1n) is 5.11. The Hall–Kier alpha value is -1.03. The van der Waals surface area contributed by atoms with Gasteiger partial charge in [0.1, 0.15) is 0 Å². The summed E-state index contributed by atoms with van der Waals surface area (Å²) in [5, 5.41) is 1.25. The molecule has 3 nitrogen and oxygen atoms in total. The van der Waals surface area contributed by atoms with Gasteiger partial charge in [-0.2, -0.15) is 0 Å². The van der Waals surface area contributed by atoms with Crippen LogP contribution in [0.3, 0.4) is 0 Å². The first-order chi connectivity index (χ1) is 7.31. The number of nitrogens with one attached hydrogen (secondary N) is 1. The van der Waals surface area contributed by atoms with Crippen LogP contribution in [-0.2, 0) is 11.2 Å². The van der Waals surface area contributed by atoms with E-state index < -0.39 is 0 Å². The van der Waals surface area contributed by atoms with Gasteiger partial charge >= 0.3 is 0 Å².